The highest BCUT2D eigenvalue weighted by atomic mass is 32.2. The second kappa shape index (κ2) is 5.23. The van der Waals surface area contributed by atoms with Gasteiger partial charge >= 0.3 is 0 Å². The third kappa shape index (κ3) is 2.68. The zero-order valence-corrected chi connectivity index (χ0v) is 10.8. The summed E-state index contributed by atoms with van der Waals surface area (Å²) in [5, 5.41) is 1.01. The number of ether oxygens (including phenoxy) is 2. The Balaban J connectivity index is 2.81. The van der Waals surface area contributed by atoms with Crippen molar-refractivity contribution in [2.24, 2.45) is 11.7 Å². The van der Waals surface area contributed by atoms with Gasteiger partial charge in [-0.25, -0.2) is 0 Å². The molecule has 3 nitrogen and oxygen atoms in total. The maximum atomic E-state index is 5.62. The van der Waals surface area contributed by atoms with E-state index in [4.69, 9.17) is 15.2 Å². The number of rotatable bonds is 5. The molecule has 0 aromatic carbocycles. The Morgan fingerprint density at radius 2 is 2.13 bits per heavy atom. The minimum atomic E-state index is -0.195. The summed E-state index contributed by atoms with van der Waals surface area (Å²) in [6, 6.07) is 0. The Morgan fingerprint density at radius 1 is 1.47 bits per heavy atom. The molecule has 1 unspecified atom stereocenters. The fourth-order valence-corrected chi connectivity index (χ4v) is 3.21. The molecular formula is C11H21NO2S. The molecular weight excluding hydrogens is 210 g/mol. The molecule has 0 spiro atoms. The van der Waals surface area contributed by atoms with Crippen molar-refractivity contribution in [2.75, 3.05) is 20.8 Å². The Kier molecular flexibility index (Phi) is 4.49. The van der Waals surface area contributed by atoms with Gasteiger partial charge in [0.05, 0.1) is 7.11 Å². The van der Waals surface area contributed by atoms with E-state index in [9.17, 15) is 0 Å². The van der Waals surface area contributed by atoms with Crippen molar-refractivity contribution in [1.82, 2.24) is 0 Å². The molecule has 0 bridgehead atoms. The number of hydrogen-bond acceptors (Lipinski definition) is 4. The molecule has 0 fully saturated rings. The van der Waals surface area contributed by atoms with Gasteiger partial charge in [0, 0.05) is 13.5 Å². The molecule has 1 heterocycles. The van der Waals surface area contributed by atoms with Crippen molar-refractivity contribution in [3.8, 4) is 0 Å². The lowest BCUT2D eigenvalue weighted by molar-refractivity contribution is 0.0675. The van der Waals surface area contributed by atoms with Crippen molar-refractivity contribution in [3.05, 3.63) is 10.7 Å². The molecule has 0 aromatic heterocycles. The molecule has 1 atom stereocenters. The monoisotopic (exact) mass is 231 g/mol. The van der Waals surface area contributed by atoms with Crippen molar-refractivity contribution in [2.45, 2.75) is 31.6 Å². The Labute approximate surface area is 96.4 Å². The maximum absolute atomic E-state index is 5.62. The third-order valence-electron chi connectivity index (χ3n) is 2.78. The molecule has 88 valence electrons. The van der Waals surface area contributed by atoms with Crippen LogP contribution in [0.25, 0.3) is 0 Å². The summed E-state index contributed by atoms with van der Waals surface area (Å²) < 4.78 is 11.0. The van der Waals surface area contributed by atoms with Gasteiger partial charge in [-0.1, -0.05) is 25.6 Å². The molecule has 1 aliphatic rings. The van der Waals surface area contributed by atoms with Gasteiger partial charge in [-0.05, 0) is 24.5 Å². The van der Waals surface area contributed by atoms with Gasteiger partial charge in [0.1, 0.15) is 4.93 Å². The van der Waals surface area contributed by atoms with Crippen LogP contribution < -0.4 is 5.73 Å². The molecule has 2 N–H and O–H groups in total. The standard InChI is InChI=1S/C11H21NO2S/c1-8(2)9-7-11(14-4,5-6-12)15-10(9)13-3/h8H,5-7,12H2,1-4H3. The molecule has 1 rings (SSSR count). The van der Waals surface area contributed by atoms with Gasteiger partial charge in [-0.2, -0.15) is 0 Å². The third-order valence-corrected chi connectivity index (χ3v) is 4.28. The lowest BCUT2D eigenvalue weighted by Gasteiger charge is -2.26. The van der Waals surface area contributed by atoms with Crippen LogP contribution in [0.1, 0.15) is 26.7 Å². The van der Waals surface area contributed by atoms with E-state index in [1.807, 2.05) is 0 Å². The molecule has 4 heteroatoms. The highest BCUT2D eigenvalue weighted by Crippen LogP contribution is 2.50. The van der Waals surface area contributed by atoms with Crippen molar-refractivity contribution < 1.29 is 9.47 Å². The van der Waals surface area contributed by atoms with Crippen LogP contribution in [0.4, 0.5) is 0 Å². The first-order chi connectivity index (χ1) is 7.08. The van der Waals surface area contributed by atoms with E-state index in [2.05, 4.69) is 13.8 Å². The van der Waals surface area contributed by atoms with E-state index in [1.54, 1.807) is 26.0 Å². The second-order valence-corrected chi connectivity index (χ2v) is 5.42. The quantitative estimate of drug-likeness (QED) is 0.788. The van der Waals surface area contributed by atoms with Gasteiger partial charge in [0.25, 0.3) is 0 Å². The van der Waals surface area contributed by atoms with E-state index in [0.29, 0.717) is 12.5 Å². The molecule has 0 saturated heterocycles. The van der Waals surface area contributed by atoms with Crippen molar-refractivity contribution in [1.29, 1.82) is 0 Å². The molecule has 0 aliphatic carbocycles. The number of hydrogen-bond donors (Lipinski definition) is 1. The highest BCUT2D eigenvalue weighted by molar-refractivity contribution is 8.04. The van der Waals surface area contributed by atoms with Crippen LogP contribution in [0, 0.1) is 5.92 Å². The predicted molar refractivity (Wildman–Crippen MR) is 64.5 cm³/mol. The zero-order valence-electron chi connectivity index (χ0n) is 10.0. The van der Waals surface area contributed by atoms with Gasteiger partial charge in [0.2, 0.25) is 0 Å². The minimum absolute atomic E-state index is 0.195. The van der Waals surface area contributed by atoms with Crippen molar-refractivity contribution in [3.63, 3.8) is 0 Å². The first-order valence-electron chi connectivity index (χ1n) is 5.30. The Bertz CT molecular complexity index is 253. The van der Waals surface area contributed by atoms with Crippen LogP contribution in [0.15, 0.2) is 10.7 Å². The largest absolute Gasteiger partial charge is 0.490 e. The van der Waals surface area contributed by atoms with Crippen LogP contribution in [0.2, 0.25) is 0 Å². The summed E-state index contributed by atoms with van der Waals surface area (Å²) in [6.45, 7) is 5.01. The van der Waals surface area contributed by atoms with E-state index >= 15 is 0 Å². The van der Waals surface area contributed by atoms with Crippen LogP contribution in [-0.2, 0) is 9.47 Å². The second-order valence-electron chi connectivity index (χ2n) is 4.10. The minimum Gasteiger partial charge on any atom is -0.490 e. The van der Waals surface area contributed by atoms with Crippen LogP contribution in [-0.4, -0.2) is 25.7 Å². The summed E-state index contributed by atoms with van der Waals surface area (Å²) in [7, 11) is 3.47. The molecule has 0 aromatic rings. The summed E-state index contributed by atoms with van der Waals surface area (Å²) in [4.78, 5) is -0.195. The summed E-state index contributed by atoms with van der Waals surface area (Å²) in [5.41, 5.74) is 6.97. The van der Waals surface area contributed by atoms with E-state index in [0.717, 1.165) is 17.9 Å². The molecule has 0 amide bonds. The first kappa shape index (κ1) is 12.9. The van der Waals surface area contributed by atoms with Gasteiger partial charge < -0.3 is 15.2 Å². The predicted octanol–water partition coefficient (Wildman–Crippen LogP) is 2.33. The van der Waals surface area contributed by atoms with Crippen molar-refractivity contribution >= 4 is 11.8 Å². The Hall–Kier alpha value is -0.190. The summed E-state index contributed by atoms with van der Waals surface area (Å²) >= 11 is 1.67. The van der Waals surface area contributed by atoms with Crippen LogP contribution >= 0.6 is 11.8 Å². The number of nitrogens with two attached hydrogens (primary N) is 1. The molecule has 15 heavy (non-hydrogen) atoms. The fraction of sp³-hybridized carbons (Fsp3) is 0.818. The highest BCUT2D eigenvalue weighted by Gasteiger charge is 2.41. The molecule has 1 aliphatic heterocycles. The van der Waals surface area contributed by atoms with Gasteiger partial charge in [-0.15, -0.1) is 0 Å². The topological polar surface area (TPSA) is 44.5 Å². The summed E-state index contributed by atoms with van der Waals surface area (Å²) in [6.07, 6.45) is 1.78. The van der Waals surface area contributed by atoms with Gasteiger partial charge in [-0.3, -0.25) is 0 Å². The van der Waals surface area contributed by atoms with Crippen LogP contribution in [0.5, 0.6) is 0 Å². The Morgan fingerprint density at radius 3 is 2.47 bits per heavy atom. The van der Waals surface area contributed by atoms with E-state index < -0.39 is 0 Å². The zero-order chi connectivity index (χ0) is 11.5. The van der Waals surface area contributed by atoms with Crippen LogP contribution in [0.3, 0.4) is 0 Å². The average molecular weight is 231 g/mol. The first-order valence-corrected chi connectivity index (χ1v) is 6.11. The fourth-order valence-electron chi connectivity index (χ4n) is 1.82. The molecule has 0 saturated carbocycles. The number of thioether (sulfide) groups is 1. The van der Waals surface area contributed by atoms with Gasteiger partial charge in [0.15, 0.2) is 5.09 Å². The lowest BCUT2D eigenvalue weighted by Crippen LogP contribution is -2.28. The SMILES string of the molecule is COC1=C(C(C)C)CC(CCN)(OC)S1. The lowest BCUT2D eigenvalue weighted by atomic mass is 9.97. The van der Waals surface area contributed by atoms with E-state index in [-0.39, 0.29) is 4.93 Å². The normalized spacial score (nSPS) is 26.5. The van der Waals surface area contributed by atoms with E-state index in [1.165, 1.54) is 5.57 Å². The number of methoxy groups -OCH3 is 2. The average Bonchev–Trinajstić information content (AvgIpc) is 2.58. The maximum Gasteiger partial charge on any atom is 0.155 e. The summed E-state index contributed by atoms with van der Waals surface area (Å²) in [5.74, 6) is 0.502. The molecule has 0 radical (unpaired) electrons. The smallest absolute Gasteiger partial charge is 0.155 e.